The van der Waals surface area contributed by atoms with E-state index in [9.17, 15) is 13.6 Å². The molecular formula is C17H18F2N2O3. The van der Waals surface area contributed by atoms with Crippen molar-refractivity contribution in [2.45, 2.75) is 32.8 Å². The van der Waals surface area contributed by atoms with Crippen LogP contribution in [0.1, 0.15) is 34.7 Å². The predicted octanol–water partition coefficient (Wildman–Crippen LogP) is 3.25. The molecule has 1 saturated heterocycles. The van der Waals surface area contributed by atoms with E-state index in [0.717, 1.165) is 12.1 Å². The molecular weight excluding hydrogens is 318 g/mol. The van der Waals surface area contributed by atoms with Crippen LogP contribution in [0.2, 0.25) is 0 Å². The molecule has 0 unspecified atom stereocenters. The summed E-state index contributed by atoms with van der Waals surface area (Å²) in [5, 5.41) is 3.80. The van der Waals surface area contributed by atoms with Crippen LogP contribution in [-0.4, -0.2) is 35.2 Å². The Bertz CT molecular complexity index is 733. The van der Waals surface area contributed by atoms with Crippen LogP contribution < -0.4 is 4.74 Å². The monoisotopic (exact) mass is 336 g/mol. The van der Waals surface area contributed by atoms with E-state index in [4.69, 9.17) is 9.26 Å². The zero-order chi connectivity index (χ0) is 17.3. The fourth-order valence-corrected chi connectivity index (χ4v) is 2.87. The van der Waals surface area contributed by atoms with Crippen molar-refractivity contribution in [3.63, 3.8) is 0 Å². The van der Waals surface area contributed by atoms with E-state index < -0.39 is 11.6 Å². The average molecular weight is 336 g/mol. The highest BCUT2D eigenvalue weighted by Crippen LogP contribution is 2.24. The molecule has 0 aliphatic carbocycles. The van der Waals surface area contributed by atoms with Gasteiger partial charge in [0.25, 0.3) is 5.91 Å². The van der Waals surface area contributed by atoms with Gasteiger partial charge < -0.3 is 14.2 Å². The van der Waals surface area contributed by atoms with Crippen molar-refractivity contribution in [1.82, 2.24) is 10.1 Å². The molecule has 3 rings (SSSR count). The van der Waals surface area contributed by atoms with Gasteiger partial charge in [-0.15, -0.1) is 0 Å². The van der Waals surface area contributed by atoms with Crippen LogP contribution in [-0.2, 0) is 0 Å². The quantitative estimate of drug-likeness (QED) is 0.863. The van der Waals surface area contributed by atoms with Crippen LogP contribution in [0, 0.1) is 25.5 Å². The third kappa shape index (κ3) is 3.25. The molecule has 0 N–H and O–H groups in total. The summed E-state index contributed by atoms with van der Waals surface area (Å²) in [4.78, 5) is 14.3. The second kappa shape index (κ2) is 6.59. The maximum absolute atomic E-state index is 13.6. The number of rotatable bonds is 3. The minimum atomic E-state index is -0.718. The van der Waals surface area contributed by atoms with Crippen LogP contribution in [0.4, 0.5) is 8.78 Å². The second-order valence-electron chi connectivity index (χ2n) is 5.88. The topological polar surface area (TPSA) is 55.6 Å². The number of hydrogen-bond acceptors (Lipinski definition) is 4. The van der Waals surface area contributed by atoms with E-state index in [0.29, 0.717) is 42.9 Å². The van der Waals surface area contributed by atoms with Crippen molar-refractivity contribution < 1.29 is 22.8 Å². The van der Waals surface area contributed by atoms with E-state index in [1.54, 1.807) is 18.7 Å². The number of carbonyl (C=O) groups is 1. The van der Waals surface area contributed by atoms with Gasteiger partial charge in [-0.25, -0.2) is 8.78 Å². The molecule has 1 fully saturated rings. The Morgan fingerprint density at radius 2 is 2.00 bits per heavy atom. The fraction of sp³-hybridized carbons (Fsp3) is 0.412. The lowest BCUT2D eigenvalue weighted by Crippen LogP contribution is -2.42. The standard InChI is InChI=1S/C17H18F2N2O3/c1-10-16(11(2)24-20-10)17(22)21-7-5-13(6-8-21)23-15-4-3-12(18)9-14(15)19/h3-4,9,13H,5-8H2,1-2H3. The number of aryl methyl sites for hydroxylation is 2. The highest BCUT2D eigenvalue weighted by molar-refractivity contribution is 5.96. The largest absolute Gasteiger partial charge is 0.487 e. The maximum atomic E-state index is 13.6. The molecule has 1 aromatic carbocycles. The molecule has 2 aromatic rings. The van der Waals surface area contributed by atoms with Gasteiger partial charge in [-0.3, -0.25) is 4.79 Å². The third-order valence-electron chi connectivity index (χ3n) is 4.16. The molecule has 5 nitrogen and oxygen atoms in total. The molecule has 7 heteroatoms. The molecule has 1 aromatic heterocycles. The summed E-state index contributed by atoms with van der Waals surface area (Å²) in [6, 6.07) is 3.24. The van der Waals surface area contributed by atoms with Crippen molar-refractivity contribution in [2.75, 3.05) is 13.1 Å². The molecule has 2 heterocycles. The Morgan fingerprint density at radius 1 is 1.29 bits per heavy atom. The summed E-state index contributed by atoms with van der Waals surface area (Å²) in [6.45, 7) is 4.43. The Labute approximate surface area is 138 Å². The molecule has 128 valence electrons. The smallest absolute Gasteiger partial charge is 0.259 e. The van der Waals surface area contributed by atoms with Crippen molar-refractivity contribution in [2.24, 2.45) is 0 Å². The van der Waals surface area contributed by atoms with Gasteiger partial charge in [-0.1, -0.05) is 5.16 Å². The zero-order valence-corrected chi connectivity index (χ0v) is 13.5. The molecule has 0 spiro atoms. The van der Waals surface area contributed by atoms with Crippen molar-refractivity contribution in [3.05, 3.63) is 46.9 Å². The van der Waals surface area contributed by atoms with E-state index in [2.05, 4.69) is 5.16 Å². The number of hydrogen-bond donors (Lipinski definition) is 0. The summed E-state index contributed by atoms with van der Waals surface area (Å²) in [5.74, 6) is -0.933. The van der Waals surface area contributed by atoms with Crippen LogP contribution in [0.25, 0.3) is 0 Å². The first-order valence-corrected chi connectivity index (χ1v) is 7.79. The molecule has 0 bridgehead atoms. The lowest BCUT2D eigenvalue weighted by Gasteiger charge is -2.32. The van der Waals surface area contributed by atoms with Gasteiger partial charge in [0.1, 0.15) is 23.2 Å². The first-order valence-electron chi connectivity index (χ1n) is 7.79. The first-order chi connectivity index (χ1) is 11.5. The number of carbonyl (C=O) groups excluding carboxylic acids is 1. The van der Waals surface area contributed by atoms with Crippen molar-refractivity contribution in [1.29, 1.82) is 0 Å². The minimum Gasteiger partial charge on any atom is -0.487 e. The SMILES string of the molecule is Cc1noc(C)c1C(=O)N1CCC(Oc2ccc(F)cc2F)CC1. The number of likely N-dealkylation sites (tertiary alicyclic amines) is 1. The van der Waals surface area contributed by atoms with E-state index in [-0.39, 0.29) is 17.8 Å². The lowest BCUT2D eigenvalue weighted by atomic mass is 10.1. The lowest BCUT2D eigenvalue weighted by molar-refractivity contribution is 0.0586. The highest BCUT2D eigenvalue weighted by atomic mass is 19.1. The normalized spacial score (nSPS) is 15.6. The number of benzene rings is 1. The summed E-state index contributed by atoms with van der Waals surface area (Å²) in [6.07, 6.45) is 0.941. The maximum Gasteiger partial charge on any atom is 0.259 e. The molecule has 0 atom stereocenters. The van der Waals surface area contributed by atoms with Crippen LogP contribution in [0.3, 0.4) is 0 Å². The second-order valence-corrected chi connectivity index (χ2v) is 5.88. The molecule has 0 radical (unpaired) electrons. The van der Waals surface area contributed by atoms with E-state index in [1.807, 2.05) is 0 Å². The summed E-state index contributed by atoms with van der Waals surface area (Å²) >= 11 is 0. The molecule has 1 aliphatic rings. The summed E-state index contributed by atoms with van der Waals surface area (Å²) in [5.41, 5.74) is 1.07. The van der Waals surface area contributed by atoms with Gasteiger partial charge in [0.05, 0.1) is 5.69 Å². The number of ether oxygens (including phenoxy) is 1. The number of nitrogens with zero attached hydrogens (tertiary/aromatic N) is 2. The van der Waals surface area contributed by atoms with Crippen molar-refractivity contribution in [3.8, 4) is 5.75 Å². The highest BCUT2D eigenvalue weighted by Gasteiger charge is 2.28. The Hall–Kier alpha value is -2.44. The van der Waals surface area contributed by atoms with Crippen LogP contribution in [0.5, 0.6) is 5.75 Å². The Kier molecular flexibility index (Phi) is 4.51. The zero-order valence-electron chi connectivity index (χ0n) is 13.5. The van der Waals surface area contributed by atoms with Gasteiger partial charge in [-0.2, -0.15) is 0 Å². The van der Waals surface area contributed by atoms with Gasteiger partial charge in [-0.05, 0) is 26.0 Å². The number of aromatic nitrogens is 1. The first kappa shape index (κ1) is 16.4. The van der Waals surface area contributed by atoms with Crippen LogP contribution >= 0.6 is 0 Å². The molecule has 24 heavy (non-hydrogen) atoms. The van der Waals surface area contributed by atoms with Gasteiger partial charge >= 0.3 is 0 Å². The Morgan fingerprint density at radius 3 is 2.58 bits per heavy atom. The predicted molar refractivity (Wildman–Crippen MR) is 81.9 cm³/mol. The minimum absolute atomic E-state index is 0.0342. The van der Waals surface area contributed by atoms with Crippen molar-refractivity contribution >= 4 is 5.91 Å². The molecule has 0 saturated carbocycles. The average Bonchev–Trinajstić information content (AvgIpc) is 2.89. The number of piperidine rings is 1. The summed E-state index contributed by atoms with van der Waals surface area (Å²) < 4.78 is 37.2. The van der Waals surface area contributed by atoms with Crippen LogP contribution in [0.15, 0.2) is 22.7 Å². The van der Waals surface area contributed by atoms with E-state index >= 15 is 0 Å². The fourth-order valence-electron chi connectivity index (χ4n) is 2.87. The van der Waals surface area contributed by atoms with Gasteiger partial charge in [0.15, 0.2) is 11.6 Å². The third-order valence-corrected chi connectivity index (χ3v) is 4.16. The number of halogens is 2. The number of amides is 1. The van der Waals surface area contributed by atoms with E-state index in [1.165, 1.54) is 6.07 Å². The molecule has 1 aliphatic heterocycles. The van der Waals surface area contributed by atoms with Gasteiger partial charge in [0, 0.05) is 32.0 Å². The molecule has 1 amide bonds. The summed E-state index contributed by atoms with van der Waals surface area (Å²) in [7, 11) is 0. The van der Waals surface area contributed by atoms with Gasteiger partial charge in [0.2, 0.25) is 0 Å². The Balaban J connectivity index is 1.60.